The van der Waals surface area contributed by atoms with Gasteiger partial charge in [-0.05, 0) is 81.4 Å². The van der Waals surface area contributed by atoms with E-state index in [0.717, 1.165) is 83.4 Å². The van der Waals surface area contributed by atoms with Crippen molar-refractivity contribution >= 4 is 21.9 Å². The van der Waals surface area contributed by atoms with Gasteiger partial charge in [-0.1, -0.05) is 164 Å². The summed E-state index contributed by atoms with van der Waals surface area (Å²) in [5.41, 5.74) is 15.3. The molecule has 55 heavy (non-hydrogen) atoms. The average Bonchev–Trinajstić information content (AvgIpc) is 3.66. The number of nitrogens with zero attached hydrogens (tertiary/aromatic N) is 2. The van der Waals surface area contributed by atoms with Gasteiger partial charge in [-0.25, -0.2) is 9.97 Å². The van der Waals surface area contributed by atoms with Crippen molar-refractivity contribution in [3.8, 4) is 78.4 Å². The summed E-state index contributed by atoms with van der Waals surface area (Å²) in [6.45, 7) is 0. The molecular formula is C52H34N2O. The zero-order valence-electron chi connectivity index (χ0n) is 29.9. The molecule has 8 aromatic carbocycles. The van der Waals surface area contributed by atoms with Crippen molar-refractivity contribution in [3.05, 3.63) is 206 Å². The van der Waals surface area contributed by atoms with Gasteiger partial charge in [0.1, 0.15) is 11.2 Å². The Balaban J connectivity index is 1.20. The van der Waals surface area contributed by atoms with Gasteiger partial charge >= 0.3 is 0 Å². The number of hydrogen-bond acceptors (Lipinski definition) is 3. The van der Waals surface area contributed by atoms with Gasteiger partial charge in [0.25, 0.3) is 0 Å². The molecule has 0 aliphatic rings. The third-order valence-electron chi connectivity index (χ3n) is 10.3. The predicted molar refractivity (Wildman–Crippen MR) is 227 cm³/mol. The van der Waals surface area contributed by atoms with Crippen LogP contribution in [0.15, 0.2) is 211 Å². The van der Waals surface area contributed by atoms with Gasteiger partial charge in [-0.3, -0.25) is 0 Å². The molecule has 2 heterocycles. The van der Waals surface area contributed by atoms with Crippen LogP contribution in [-0.2, 0) is 0 Å². The van der Waals surface area contributed by atoms with Crippen LogP contribution in [0, 0.1) is 0 Å². The van der Waals surface area contributed by atoms with Crippen LogP contribution in [0.3, 0.4) is 0 Å². The smallest absolute Gasteiger partial charge is 0.160 e. The molecule has 10 aromatic rings. The van der Waals surface area contributed by atoms with Crippen molar-refractivity contribution in [3.63, 3.8) is 0 Å². The summed E-state index contributed by atoms with van der Waals surface area (Å²) in [7, 11) is 0. The van der Waals surface area contributed by atoms with E-state index < -0.39 is 0 Å². The van der Waals surface area contributed by atoms with Gasteiger partial charge in [0.15, 0.2) is 5.82 Å². The Morgan fingerprint density at radius 1 is 0.291 bits per heavy atom. The van der Waals surface area contributed by atoms with Crippen LogP contribution in [0.2, 0.25) is 0 Å². The maximum Gasteiger partial charge on any atom is 0.160 e. The van der Waals surface area contributed by atoms with Crippen LogP contribution in [0.1, 0.15) is 0 Å². The quantitative estimate of drug-likeness (QED) is 0.166. The van der Waals surface area contributed by atoms with Crippen molar-refractivity contribution in [1.82, 2.24) is 9.97 Å². The molecule has 2 aromatic heterocycles. The minimum atomic E-state index is 0.673. The minimum Gasteiger partial charge on any atom is -0.455 e. The standard InChI is InChI=1S/C52H34N2O/c1-4-15-35(16-5-1)38-21-12-23-40(29-38)42-31-43(45-26-14-27-47-46-25-10-11-28-50(46)55-51(45)47)33-44(32-42)49-34-48(37-19-8-3-9-20-37)53-52(54-49)41-24-13-22-39(30-41)36-17-6-2-7-18-36/h1-34H. The van der Waals surface area contributed by atoms with Crippen LogP contribution in [0.25, 0.3) is 100 Å². The summed E-state index contributed by atoms with van der Waals surface area (Å²) in [5, 5.41) is 2.21. The van der Waals surface area contributed by atoms with Gasteiger partial charge in [-0.2, -0.15) is 0 Å². The number of fused-ring (bicyclic) bond motifs is 3. The Hall–Kier alpha value is -7.36. The molecule has 0 amide bonds. The Bertz CT molecular complexity index is 2970. The van der Waals surface area contributed by atoms with Gasteiger partial charge in [-0.15, -0.1) is 0 Å². The van der Waals surface area contributed by atoms with E-state index in [2.05, 4.69) is 182 Å². The normalized spacial score (nSPS) is 11.3. The maximum atomic E-state index is 6.58. The molecule has 0 bridgehead atoms. The van der Waals surface area contributed by atoms with Crippen LogP contribution < -0.4 is 0 Å². The molecular weight excluding hydrogens is 669 g/mol. The van der Waals surface area contributed by atoms with E-state index in [1.165, 1.54) is 11.1 Å². The lowest BCUT2D eigenvalue weighted by Gasteiger charge is -2.14. The molecule has 0 saturated carbocycles. The van der Waals surface area contributed by atoms with Crippen molar-refractivity contribution in [2.45, 2.75) is 0 Å². The van der Waals surface area contributed by atoms with E-state index in [4.69, 9.17) is 14.4 Å². The Kier molecular flexibility index (Phi) is 8.16. The van der Waals surface area contributed by atoms with Gasteiger partial charge in [0.05, 0.1) is 11.4 Å². The first kappa shape index (κ1) is 32.3. The Morgan fingerprint density at radius 2 is 0.745 bits per heavy atom. The highest BCUT2D eigenvalue weighted by atomic mass is 16.3. The minimum absolute atomic E-state index is 0.673. The zero-order valence-corrected chi connectivity index (χ0v) is 29.9. The van der Waals surface area contributed by atoms with E-state index in [9.17, 15) is 0 Å². The van der Waals surface area contributed by atoms with E-state index in [1.54, 1.807) is 0 Å². The van der Waals surface area contributed by atoms with Gasteiger partial charge < -0.3 is 4.42 Å². The van der Waals surface area contributed by atoms with Crippen LogP contribution in [0.5, 0.6) is 0 Å². The molecule has 0 atom stereocenters. The highest BCUT2D eigenvalue weighted by molar-refractivity contribution is 6.09. The van der Waals surface area contributed by atoms with Crippen LogP contribution in [0.4, 0.5) is 0 Å². The van der Waals surface area contributed by atoms with Crippen molar-refractivity contribution in [1.29, 1.82) is 0 Å². The Morgan fingerprint density at radius 3 is 1.44 bits per heavy atom. The van der Waals surface area contributed by atoms with E-state index in [-0.39, 0.29) is 0 Å². The summed E-state index contributed by atoms with van der Waals surface area (Å²) in [4.78, 5) is 10.5. The molecule has 0 unspecified atom stereocenters. The second-order valence-electron chi connectivity index (χ2n) is 13.8. The molecule has 258 valence electrons. The number of hydrogen-bond donors (Lipinski definition) is 0. The van der Waals surface area contributed by atoms with E-state index in [0.29, 0.717) is 5.82 Å². The SMILES string of the molecule is c1ccc(-c2cccc(-c3cc(-c4cc(-c5ccccc5)nc(-c5cccc(-c6ccccc6)c5)n4)cc(-c4cccc5c4oc4ccccc45)c3)c2)cc1. The zero-order chi connectivity index (χ0) is 36.6. The molecule has 0 aliphatic carbocycles. The maximum absolute atomic E-state index is 6.58. The average molecular weight is 703 g/mol. The third kappa shape index (κ3) is 6.28. The number of benzene rings is 8. The second kappa shape index (κ2) is 13.9. The molecule has 10 rings (SSSR count). The number of aromatic nitrogens is 2. The highest BCUT2D eigenvalue weighted by Crippen LogP contribution is 2.40. The summed E-state index contributed by atoms with van der Waals surface area (Å²) in [6, 6.07) is 72.2. The fourth-order valence-corrected chi connectivity index (χ4v) is 7.53. The predicted octanol–water partition coefficient (Wildman–Crippen LogP) is 14.0. The van der Waals surface area contributed by atoms with Crippen molar-refractivity contribution in [2.75, 3.05) is 0 Å². The number of para-hydroxylation sites is 2. The lowest BCUT2D eigenvalue weighted by atomic mass is 9.92. The van der Waals surface area contributed by atoms with E-state index >= 15 is 0 Å². The fourth-order valence-electron chi connectivity index (χ4n) is 7.53. The first-order valence-corrected chi connectivity index (χ1v) is 18.6. The lowest BCUT2D eigenvalue weighted by molar-refractivity contribution is 0.670. The third-order valence-corrected chi connectivity index (χ3v) is 10.3. The molecule has 0 radical (unpaired) electrons. The number of rotatable bonds is 7. The summed E-state index contributed by atoms with van der Waals surface area (Å²) >= 11 is 0. The number of furan rings is 1. The van der Waals surface area contributed by atoms with Gasteiger partial charge in [0, 0.05) is 33.0 Å². The second-order valence-corrected chi connectivity index (χ2v) is 13.8. The molecule has 3 nitrogen and oxygen atoms in total. The first-order valence-electron chi connectivity index (χ1n) is 18.6. The van der Waals surface area contributed by atoms with Crippen molar-refractivity contribution < 1.29 is 4.42 Å². The van der Waals surface area contributed by atoms with Crippen LogP contribution >= 0.6 is 0 Å². The largest absolute Gasteiger partial charge is 0.455 e. The topological polar surface area (TPSA) is 38.9 Å². The summed E-state index contributed by atoms with van der Waals surface area (Å²) in [5.74, 6) is 0.673. The molecule has 0 aliphatic heterocycles. The fraction of sp³-hybridized carbons (Fsp3) is 0. The molecule has 0 N–H and O–H groups in total. The van der Waals surface area contributed by atoms with Gasteiger partial charge in [0.2, 0.25) is 0 Å². The first-order chi connectivity index (χ1) is 27.2. The monoisotopic (exact) mass is 702 g/mol. The molecule has 0 spiro atoms. The Labute approximate surface area is 319 Å². The lowest BCUT2D eigenvalue weighted by Crippen LogP contribution is -1.97. The molecule has 0 saturated heterocycles. The summed E-state index contributed by atoms with van der Waals surface area (Å²) < 4.78 is 6.58. The molecule has 3 heteroatoms. The van der Waals surface area contributed by atoms with Crippen molar-refractivity contribution in [2.24, 2.45) is 0 Å². The highest BCUT2D eigenvalue weighted by Gasteiger charge is 2.17. The van der Waals surface area contributed by atoms with Crippen LogP contribution in [-0.4, -0.2) is 9.97 Å². The van der Waals surface area contributed by atoms with E-state index in [1.807, 2.05) is 24.3 Å². The molecule has 0 fully saturated rings. The summed E-state index contributed by atoms with van der Waals surface area (Å²) in [6.07, 6.45) is 0.